The molecule has 0 aromatic carbocycles. The molecule has 3 nitrogen and oxygen atoms in total. The lowest BCUT2D eigenvalue weighted by Crippen LogP contribution is -2.45. The van der Waals surface area contributed by atoms with Crippen molar-refractivity contribution in [1.29, 1.82) is 0 Å². The molecule has 4 heteroatoms. The summed E-state index contributed by atoms with van der Waals surface area (Å²) in [5.74, 6) is 2.31. The fourth-order valence-electron chi connectivity index (χ4n) is 3.68. The van der Waals surface area contributed by atoms with Crippen molar-refractivity contribution in [3.63, 3.8) is 0 Å². The molecule has 1 saturated carbocycles. The number of nitrogens with zero attached hydrogens (tertiary/aromatic N) is 1. The van der Waals surface area contributed by atoms with Crippen LogP contribution in [0.3, 0.4) is 0 Å². The smallest absolute Gasteiger partial charge is 0.240 e. The number of hydrogen-bond donors (Lipinski definition) is 1. The average Bonchev–Trinajstić information content (AvgIpc) is 3.07. The van der Waals surface area contributed by atoms with E-state index in [1.54, 1.807) is 0 Å². The Hall–Kier alpha value is -0.220. The molecule has 3 atom stereocenters. The number of thioether (sulfide) groups is 1. The van der Waals surface area contributed by atoms with Gasteiger partial charge >= 0.3 is 0 Å². The Morgan fingerprint density at radius 2 is 2.06 bits per heavy atom. The van der Waals surface area contributed by atoms with E-state index in [2.05, 4.69) is 22.0 Å². The van der Waals surface area contributed by atoms with Crippen LogP contribution < -0.4 is 5.32 Å². The van der Waals surface area contributed by atoms with Gasteiger partial charge in [-0.05, 0) is 44.3 Å². The molecular weight excluding hydrogens is 244 g/mol. The van der Waals surface area contributed by atoms with Crippen molar-refractivity contribution in [1.82, 2.24) is 10.2 Å². The molecule has 3 unspecified atom stereocenters. The van der Waals surface area contributed by atoms with E-state index in [0.29, 0.717) is 23.2 Å². The molecule has 0 aromatic heterocycles. The van der Waals surface area contributed by atoms with Gasteiger partial charge < -0.3 is 4.90 Å². The van der Waals surface area contributed by atoms with E-state index in [-0.39, 0.29) is 6.04 Å². The third kappa shape index (κ3) is 2.42. The Morgan fingerprint density at radius 1 is 1.28 bits per heavy atom. The van der Waals surface area contributed by atoms with E-state index in [9.17, 15) is 4.79 Å². The first-order valence-electron chi connectivity index (χ1n) is 7.44. The summed E-state index contributed by atoms with van der Waals surface area (Å²) in [5.41, 5.74) is 0. The van der Waals surface area contributed by atoms with Gasteiger partial charge in [-0.15, -0.1) is 0 Å². The van der Waals surface area contributed by atoms with Gasteiger partial charge in [0.05, 0.1) is 12.2 Å². The average molecular weight is 268 g/mol. The fraction of sp³-hybridized carbons (Fsp3) is 0.929. The van der Waals surface area contributed by atoms with Crippen molar-refractivity contribution in [2.24, 2.45) is 5.92 Å². The van der Waals surface area contributed by atoms with E-state index in [1.807, 2.05) is 6.92 Å². The zero-order chi connectivity index (χ0) is 12.5. The molecule has 0 spiro atoms. The molecule has 0 bridgehead atoms. The molecule has 102 valence electrons. The van der Waals surface area contributed by atoms with Crippen molar-refractivity contribution in [3.8, 4) is 0 Å². The second-order valence-corrected chi connectivity index (χ2v) is 7.41. The van der Waals surface area contributed by atoms with Gasteiger partial charge in [0.25, 0.3) is 0 Å². The predicted molar refractivity (Wildman–Crippen MR) is 75.5 cm³/mol. The van der Waals surface area contributed by atoms with E-state index in [0.717, 1.165) is 6.54 Å². The SMILES string of the molecule is CC1NC(C2CCCC2)N(CC2CCCS2)C1=O. The predicted octanol–water partition coefficient (Wildman–Crippen LogP) is 2.22. The van der Waals surface area contributed by atoms with Crippen molar-refractivity contribution >= 4 is 17.7 Å². The van der Waals surface area contributed by atoms with E-state index in [1.165, 1.54) is 44.3 Å². The normalized spacial score (nSPS) is 37.9. The lowest BCUT2D eigenvalue weighted by molar-refractivity contribution is -0.130. The molecule has 2 saturated heterocycles. The monoisotopic (exact) mass is 268 g/mol. The lowest BCUT2D eigenvalue weighted by Gasteiger charge is -2.30. The first kappa shape index (κ1) is 12.8. The van der Waals surface area contributed by atoms with Crippen LogP contribution in [0.15, 0.2) is 0 Å². The van der Waals surface area contributed by atoms with Gasteiger partial charge in [0, 0.05) is 11.8 Å². The minimum absolute atomic E-state index is 0.0296. The van der Waals surface area contributed by atoms with Crippen LogP contribution >= 0.6 is 11.8 Å². The number of hydrogen-bond acceptors (Lipinski definition) is 3. The molecule has 3 rings (SSSR count). The molecule has 18 heavy (non-hydrogen) atoms. The summed E-state index contributed by atoms with van der Waals surface area (Å²) in [7, 11) is 0. The highest BCUT2D eigenvalue weighted by Gasteiger charge is 2.42. The van der Waals surface area contributed by atoms with Crippen LogP contribution in [-0.4, -0.2) is 40.6 Å². The topological polar surface area (TPSA) is 32.3 Å². The van der Waals surface area contributed by atoms with Gasteiger partial charge in [-0.2, -0.15) is 11.8 Å². The summed E-state index contributed by atoms with van der Waals surface area (Å²) < 4.78 is 0. The van der Waals surface area contributed by atoms with Gasteiger partial charge in [0.1, 0.15) is 0 Å². The molecule has 3 fully saturated rings. The number of amides is 1. The highest BCUT2D eigenvalue weighted by atomic mass is 32.2. The third-order valence-electron chi connectivity index (χ3n) is 4.68. The number of carbonyl (C=O) groups is 1. The van der Waals surface area contributed by atoms with Gasteiger partial charge in [-0.25, -0.2) is 0 Å². The summed E-state index contributed by atoms with van der Waals surface area (Å²) in [5, 5.41) is 4.22. The Bertz CT molecular complexity index is 311. The summed E-state index contributed by atoms with van der Waals surface area (Å²) in [6.07, 6.45) is 8.23. The molecule has 2 aliphatic heterocycles. The fourth-order valence-corrected chi connectivity index (χ4v) is 4.94. The molecule has 1 aliphatic carbocycles. The lowest BCUT2D eigenvalue weighted by atomic mass is 10.0. The number of nitrogens with one attached hydrogen (secondary N) is 1. The van der Waals surface area contributed by atoms with Crippen molar-refractivity contribution in [3.05, 3.63) is 0 Å². The number of rotatable bonds is 3. The Morgan fingerprint density at radius 3 is 2.72 bits per heavy atom. The van der Waals surface area contributed by atoms with Crippen LogP contribution in [-0.2, 0) is 4.79 Å². The first-order valence-corrected chi connectivity index (χ1v) is 8.48. The maximum Gasteiger partial charge on any atom is 0.240 e. The summed E-state index contributed by atoms with van der Waals surface area (Å²) in [6.45, 7) is 2.99. The minimum atomic E-state index is 0.0296. The third-order valence-corrected chi connectivity index (χ3v) is 6.06. The van der Waals surface area contributed by atoms with Crippen LogP contribution in [0.2, 0.25) is 0 Å². The van der Waals surface area contributed by atoms with Gasteiger partial charge in [-0.3, -0.25) is 10.1 Å². The zero-order valence-electron chi connectivity index (χ0n) is 11.2. The van der Waals surface area contributed by atoms with Crippen LogP contribution in [0.4, 0.5) is 0 Å². The van der Waals surface area contributed by atoms with Crippen LogP contribution in [0.5, 0.6) is 0 Å². The molecular formula is C14H24N2OS. The summed E-state index contributed by atoms with van der Waals surface area (Å²) in [6, 6.07) is 0.0296. The van der Waals surface area contributed by atoms with E-state index in [4.69, 9.17) is 0 Å². The molecule has 1 N–H and O–H groups in total. The highest BCUT2D eigenvalue weighted by Crippen LogP contribution is 2.34. The zero-order valence-corrected chi connectivity index (χ0v) is 12.0. The minimum Gasteiger partial charge on any atom is -0.324 e. The second-order valence-electron chi connectivity index (χ2n) is 6.00. The van der Waals surface area contributed by atoms with E-state index < -0.39 is 0 Å². The maximum atomic E-state index is 12.3. The second kappa shape index (κ2) is 5.41. The van der Waals surface area contributed by atoms with Gasteiger partial charge in [0.15, 0.2) is 0 Å². The quantitative estimate of drug-likeness (QED) is 0.852. The van der Waals surface area contributed by atoms with Crippen LogP contribution in [0.1, 0.15) is 45.4 Å². The molecule has 0 aromatic rings. The standard InChI is InChI=1S/C14H24N2OS/c1-10-14(17)16(9-12-7-4-8-18-12)13(15-10)11-5-2-3-6-11/h10-13,15H,2-9H2,1H3. The van der Waals surface area contributed by atoms with Gasteiger partial charge in [-0.1, -0.05) is 12.8 Å². The first-order chi connectivity index (χ1) is 8.75. The molecule has 0 radical (unpaired) electrons. The van der Waals surface area contributed by atoms with Crippen molar-refractivity contribution in [2.45, 2.75) is 62.9 Å². The summed E-state index contributed by atoms with van der Waals surface area (Å²) >= 11 is 2.06. The molecule has 2 heterocycles. The van der Waals surface area contributed by atoms with Crippen molar-refractivity contribution in [2.75, 3.05) is 12.3 Å². The Balaban J connectivity index is 1.68. The summed E-state index contributed by atoms with van der Waals surface area (Å²) in [4.78, 5) is 14.5. The maximum absolute atomic E-state index is 12.3. The van der Waals surface area contributed by atoms with Crippen molar-refractivity contribution < 1.29 is 4.79 Å². The van der Waals surface area contributed by atoms with Gasteiger partial charge in [0.2, 0.25) is 5.91 Å². The number of carbonyl (C=O) groups excluding carboxylic acids is 1. The van der Waals surface area contributed by atoms with Crippen LogP contribution in [0, 0.1) is 5.92 Å². The molecule has 3 aliphatic rings. The van der Waals surface area contributed by atoms with Crippen LogP contribution in [0.25, 0.3) is 0 Å². The Labute approximate surface area is 114 Å². The Kier molecular flexibility index (Phi) is 3.85. The highest BCUT2D eigenvalue weighted by molar-refractivity contribution is 8.00. The largest absolute Gasteiger partial charge is 0.324 e. The molecule has 1 amide bonds. The van der Waals surface area contributed by atoms with E-state index >= 15 is 0 Å².